The van der Waals surface area contributed by atoms with Gasteiger partial charge in [0.05, 0.1) is 0 Å². The van der Waals surface area contributed by atoms with Crippen LogP contribution in [0, 0.1) is 0 Å². The number of aryl methyl sites for hydroxylation is 1. The summed E-state index contributed by atoms with van der Waals surface area (Å²) in [4.78, 5) is 0. The number of anilines is 1. The minimum Gasteiger partial charge on any atom is -0.381 e. The lowest BCUT2D eigenvalue weighted by atomic mass is 9.98. The van der Waals surface area contributed by atoms with E-state index in [1.807, 2.05) is 0 Å². The third kappa shape index (κ3) is 1.86. The van der Waals surface area contributed by atoms with Crippen molar-refractivity contribution >= 4 is 21.6 Å². The Labute approximate surface area is 86.6 Å². The Bertz CT molecular complexity index is 312. The molecule has 13 heavy (non-hydrogen) atoms. The van der Waals surface area contributed by atoms with Gasteiger partial charge in [0.1, 0.15) is 0 Å². The molecule has 70 valence electrons. The molecule has 1 unspecified atom stereocenters. The second-order valence-corrected chi connectivity index (χ2v) is 4.33. The highest BCUT2D eigenvalue weighted by atomic mass is 79.9. The van der Waals surface area contributed by atoms with E-state index in [0.717, 1.165) is 23.9 Å². The second-order valence-electron chi connectivity index (χ2n) is 3.42. The van der Waals surface area contributed by atoms with Gasteiger partial charge in [-0.2, -0.15) is 0 Å². The van der Waals surface area contributed by atoms with E-state index in [-0.39, 0.29) is 0 Å². The molecule has 3 N–H and O–H groups in total. The van der Waals surface area contributed by atoms with E-state index >= 15 is 0 Å². The lowest BCUT2D eigenvalue weighted by molar-refractivity contribution is 0.639. The molecule has 0 spiro atoms. The first-order valence-electron chi connectivity index (χ1n) is 4.54. The first-order valence-corrected chi connectivity index (χ1v) is 5.34. The minimum atomic E-state index is 0.452. The molecule has 1 aromatic carbocycles. The molecule has 0 aliphatic carbocycles. The minimum absolute atomic E-state index is 0.452. The Balaban J connectivity index is 2.26. The molecule has 3 heteroatoms. The Kier molecular flexibility index (Phi) is 2.56. The average molecular weight is 241 g/mol. The van der Waals surface area contributed by atoms with Crippen molar-refractivity contribution < 1.29 is 0 Å². The topological polar surface area (TPSA) is 38.0 Å². The van der Waals surface area contributed by atoms with Crippen LogP contribution in [0.5, 0.6) is 0 Å². The van der Waals surface area contributed by atoms with Gasteiger partial charge in [-0.25, -0.2) is 0 Å². The van der Waals surface area contributed by atoms with E-state index in [1.54, 1.807) is 0 Å². The van der Waals surface area contributed by atoms with Crippen LogP contribution >= 0.6 is 15.9 Å². The van der Waals surface area contributed by atoms with Crippen molar-refractivity contribution in [3.63, 3.8) is 0 Å². The van der Waals surface area contributed by atoms with Crippen molar-refractivity contribution in [2.45, 2.75) is 18.9 Å². The van der Waals surface area contributed by atoms with Gasteiger partial charge in [0.15, 0.2) is 0 Å². The Hall–Kier alpha value is -0.540. The molecule has 2 nitrogen and oxygen atoms in total. The molecule has 1 aromatic rings. The third-order valence-electron chi connectivity index (χ3n) is 2.47. The SMILES string of the molecule is NCC1CCc2cc(Br)ccc2N1. The van der Waals surface area contributed by atoms with E-state index < -0.39 is 0 Å². The van der Waals surface area contributed by atoms with Crippen molar-refractivity contribution in [1.82, 2.24) is 0 Å². The van der Waals surface area contributed by atoms with Gasteiger partial charge in [-0.15, -0.1) is 0 Å². The number of nitrogens with two attached hydrogens (primary N) is 1. The maximum Gasteiger partial charge on any atom is 0.0387 e. The number of fused-ring (bicyclic) bond motifs is 1. The summed E-state index contributed by atoms with van der Waals surface area (Å²) in [5.41, 5.74) is 8.25. The van der Waals surface area contributed by atoms with Crippen LogP contribution in [0.3, 0.4) is 0 Å². The third-order valence-corrected chi connectivity index (χ3v) is 2.97. The number of benzene rings is 1. The number of halogens is 1. The van der Waals surface area contributed by atoms with E-state index in [1.165, 1.54) is 11.3 Å². The zero-order valence-corrected chi connectivity index (χ0v) is 8.97. The average Bonchev–Trinajstić information content (AvgIpc) is 2.17. The van der Waals surface area contributed by atoms with Crippen molar-refractivity contribution in [2.75, 3.05) is 11.9 Å². The highest BCUT2D eigenvalue weighted by Gasteiger charge is 2.15. The van der Waals surface area contributed by atoms with Gasteiger partial charge >= 0.3 is 0 Å². The van der Waals surface area contributed by atoms with Crippen LogP contribution in [-0.2, 0) is 6.42 Å². The molecule has 1 aliphatic rings. The zero-order valence-electron chi connectivity index (χ0n) is 7.39. The predicted octanol–water partition coefficient (Wildman–Crippen LogP) is 2.13. The predicted molar refractivity (Wildman–Crippen MR) is 58.9 cm³/mol. The lowest BCUT2D eigenvalue weighted by Crippen LogP contribution is -2.32. The number of hydrogen-bond donors (Lipinski definition) is 2. The van der Waals surface area contributed by atoms with Crippen LogP contribution in [0.1, 0.15) is 12.0 Å². The van der Waals surface area contributed by atoms with Gasteiger partial charge < -0.3 is 11.1 Å². The molecular formula is C10H13BrN2. The highest BCUT2D eigenvalue weighted by Crippen LogP contribution is 2.27. The van der Waals surface area contributed by atoms with Gasteiger partial charge in [0, 0.05) is 22.7 Å². The summed E-state index contributed by atoms with van der Waals surface area (Å²) in [5, 5.41) is 3.43. The van der Waals surface area contributed by atoms with Crippen molar-refractivity contribution in [2.24, 2.45) is 5.73 Å². The lowest BCUT2D eigenvalue weighted by Gasteiger charge is -2.26. The van der Waals surface area contributed by atoms with Gasteiger partial charge in [-0.05, 0) is 36.6 Å². The monoisotopic (exact) mass is 240 g/mol. The molecule has 0 saturated heterocycles. The zero-order chi connectivity index (χ0) is 9.26. The van der Waals surface area contributed by atoms with Gasteiger partial charge in [0.25, 0.3) is 0 Å². The Morgan fingerprint density at radius 3 is 3.15 bits per heavy atom. The number of hydrogen-bond acceptors (Lipinski definition) is 2. The van der Waals surface area contributed by atoms with E-state index in [4.69, 9.17) is 5.73 Å². The van der Waals surface area contributed by atoms with Crippen LogP contribution in [0.25, 0.3) is 0 Å². The summed E-state index contributed by atoms with van der Waals surface area (Å²) < 4.78 is 1.15. The van der Waals surface area contributed by atoms with Gasteiger partial charge in [-0.3, -0.25) is 0 Å². The second kappa shape index (κ2) is 3.68. The first kappa shape index (κ1) is 9.03. The summed E-state index contributed by atoms with van der Waals surface area (Å²) in [6, 6.07) is 6.80. The summed E-state index contributed by atoms with van der Waals surface area (Å²) in [6.07, 6.45) is 2.27. The fourth-order valence-electron chi connectivity index (χ4n) is 1.71. The molecule has 0 radical (unpaired) electrons. The van der Waals surface area contributed by atoms with Crippen LogP contribution in [-0.4, -0.2) is 12.6 Å². The molecule has 2 rings (SSSR count). The summed E-state index contributed by atoms with van der Waals surface area (Å²) >= 11 is 3.47. The van der Waals surface area contributed by atoms with Crippen molar-refractivity contribution in [3.8, 4) is 0 Å². The van der Waals surface area contributed by atoms with Crippen LogP contribution in [0.15, 0.2) is 22.7 Å². The molecule has 0 saturated carbocycles. The molecular weight excluding hydrogens is 228 g/mol. The largest absolute Gasteiger partial charge is 0.381 e. The Morgan fingerprint density at radius 1 is 1.54 bits per heavy atom. The molecule has 0 bridgehead atoms. The molecule has 0 aromatic heterocycles. The number of rotatable bonds is 1. The quantitative estimate of drug-likeness (QED) is 0.790. The fraction of sp³-hybridized carbons (Fsp3) is 0.400. The smallest absolute Gasteiger partial charge is 0.0387 e. The van der Waals surface area contributed by atoms with Crippen LogP contribution < -0.4 is 11.1 Å². The molecule has 0 amide bonds. The highest BCUT2D eigenvalue weighted by molar-refractivity contribution is 9.10. The fourth-order valence-corrected chi connectivity index (χ4v) is 2.12. The van der Waals surface area contributed by atoms with E-state index in [9.17, 15) is 0 Å². The Morgan fingerprint density at radius 2 is 2.38 bits per heavy atom. The summed E-state index contributed by atoms with van der Waals surface area (Å²) in [6.45, 7) is 0.718. The van der Waals surface area contributed by atoms with Crippen molar-refractivity contribution in [1.29, 1.82) is 0 Å². The van der Waals surface area contributed by atoms with E-state index in [0.29, 0.717) is 6.04 Å². The van der Waals surface area contributed by atoms with Gasteiger partial charge in [-0.1, -0.05) is 15.9 Å². The van der Waals surface area contributed by atoms with Crippen molar-refractivity contribution in [3.05, 3.63) is 28.2 Å². The maximum atomic E-state index is 5.62. The molecule has 0 fully saturated rings. The molecule has 1 atom stereocenters. The number of nitrogens with one attached hydrogen (secondary N) is 1. The summed E-state index contributed by atoms with van der Waals surface area (Å²) in [7, 11) is 0. The normalized spacial score (nSPS) is 20.6. The molecule has 1 aliphatic heterocycles. The first-order chi connectivity index (χ1) is 6.29. The standard InChI is InChI=1S/C10H13BrN2/c11-8-2-4-10-7(5-8)1-3-9(6-12)13-10/h2,4-5,9,13H,1,3,6,12H2. The maximum absolute atomic E-state index is 5.62. The molecule has 1 heterocycles. The van der Waals surface area contributed by atoms with Gasteiger partial charge in [0.2, 0.25) is 0 Å². The van der Waals surface area contributed by atoms with E-state index in [2.05, 4.69) is 39.4 Å². The summed E-state index contributed by atoms with van der Waals surface area (Å²) in [5.74, 6) is 0. The van der Waals surface area contributed by atoms with Crippen LogP contribution in [0.4, 0.5) is 5.69 Å². The van der Waals surface area contributed by atoms with Crippen LogP contribution in [0.2, 0.25) is 0 Å².